The maximum Gasteiger partial charge on any atom is 0.349 e. The number of carbonyl (C=O) groups excluding carboxylic acids is 2. The van der Waals surface area contributed by atoms with E-state index in [1.807, 2.05) is 0 Å². The number of amides is 1. The molecule has 21 heavy (non-hydrogen) atoms. The van der Waals surface area contributed by atoms with Gasteiger partial charge < -0.3 is 9.64 Å². The number of nitrogens with one attached hydrogen (secondary N) is 1. The van der Waals surface area contributed by atoms with Gasteiger partial charge in [-0.15, -0.1) is 0 Å². The molecule has 0 bridgehead atoms. The molecule has 2 aromatic heterocycles. The zero-order chi connectivity index (χ0) is 15.4. The molecule has 110 valence electrons. The van der Waals surface area contributed by atoms with Crippen LogP contribution in [0.3, 0.4) is 0 Å². The van der Waals surface area contributed by atoms with Crippen molar-refractivity contribution >= 4 is 34.2 Å². The number of pyridine rings is 1. The van der Waals surface area contributed by atoms with Crippen molar-refractivity contribution in [3.63, 3.8) is 0 Å². The van der Waals surface area contributed by atoms with Crippen LogP contribution in [0.2, 0.25) is 0 Å². The molecule has 2 heterocycles. The third kappa shape index (κ3) is 3.34. The van der Waals surface area contributed by atoms with Gasteiger partial charge in [-0.2, -0.15) is 0 Å². The number of hydrogen-bond acceptors (Lipinski definition) is 7. The van der Waals surface area contributed by atoms with Gasteiger partial charge in [0.2, 0.25) is 0 Å². The first-order chi connectivity index (χ1) is 10.0. The maximum atomic E-state index is 12.3. The number of thiazole rings is 1. The fraction of sp³-hybridized carbons (Fsp3) is 0.231. The van der Waals surface area contributed by atoms with Gasteiger partial charge in [0.05, 0.1) is 18.9 Å². The Morgan fingerprint density at radius 1 is 1.33 bits per heavy atom. The molecule has 0 aliphatic heterocycles. The first kappa shape index (κ1) is 14.9. The molecule has 0 aliphatic carbocycles. The fourth-order valence-corrected chi connectivity index (χ4v) is 2.35. The van der Waals surface area contributed by atoms with Gasteiger partial charge in [-0.25, -0.2) is 14.8 Å². The topological polar surface area (TPSA) is 84.4 Å². The number of aromatic nitrogens is 2. The average molecular weight is 306 g/mol. The van der Waals surface area contributed by atoms with Crippen LogP contribution in [0.4, 0.5) is 10.9 Å². The lowest BCUT2D eigenvalue weighted by Gasteiger charge is -2.14. The minimum absolute atomic E-state index is 0.326. The molecule has 0 radical (unpaired) electrons. The van der Waals surface area contributed by atoms with Crippen molar-refractivity contribution in [2.24, 2.45) is 0 Å². The zero-order valence-corrected chi connectivity index (χ0v) is 12.6. The SMILES string of the molecule is COC(=O)c1cnc(NC(=O)c2cccnc2N(C)C)s1. The molecule has 0 aromatic carbocycles. The summed E-state index contributed by atoms with van der Waals surface area (Å²) in [6.07, 6.45) is 2.98. The summed E-state index contributed by atoms with van der Waals surface area (Å²) in [4.78, 5) is 33.8. The normalized spacial score (nSPS) is 10.0. The van der Waals surface area contributed by atoms with Crippen LogP contribution in [0.1, 0.15) is 20.0 Å². The van der Waals surface area contributed by atoms with E-state index in [1.165, 1.54) is 13.3 Å². The fourth-order valence-electron chi connectivity index (χ4n) is 1.62. The Morgan fingerprint density at radius 3 is 2.76 bits per heavy atom. The van der Waals surface area contributed by atoms with Gasteiger partial charge >= 0.3 is 5.97 Å². The van der Waals surface area contributed by atoms with E-state index in [1.54, 1.807) is 37.3 Å². The summed E-state index contributed by atoms with van der Waals surface area (Å²) in [7, 11) is 4.90. The monoisotopic (exact) mass is 306 g/mol. The Balaban J connectivity index is 2.19. The molecule has 1 amide bonds. The molecule has 1 N–H and O–H groups in total. The molecule has 2 aromatic rings. The molecule has 0 atom stereocenters. The van der Waals surface area contributed by atoms with Crippen LogP contribution in [0, 0.1) is 0 Å². The highest BCUT2D eigenvalue weighted by molar-refractivity contribution is 7.17. The van der Waals surface area contributed by atoms with E-state index in [0.29, 0.717) is 21.4 Å². The highest BCUT2D eigenvalue weighted by atomic mass is 32.1. The summed E-state index contributed by atoms with van der Waals surface area (Å²) in [6.45, 7) is 0. The predicted octanol–water partition coefficient (Wildman–Crippen LogP) is 1.64. The van der Waals surface area contributed by atoms with Crippen molar-refractivity contribution in [1.82, 2.24) is 9.97 Å². The van der Waals surface area contributed by atoms with E-state index < -0.39 is 5.97 Å². The Hall–Kier alpha value is -2.48. The standard InChI is InChI=1S/C13H14N4O3S/c1-17(2)10-8(5-4-6-14-10)11(18)16-13-15-7-9(21-13)12(19)20-3/h4-7H,1-3H3,(H,15,16,18). The summed E-state index contributed by atoms with van der Waals surface area (Å²) >= 11 is 1.05. The summed E-state index contributed by atoms with van der Waals surface area (Å²) in [5, 5.41) is 2.97. The van der Waals surface area contributed by atoms with Crippen molar-refractivity contribution in [3.8, 4) is 0 Å². The minimum atomic E-state index is -0.483. The molecular weight excluding hydrogens is 292 g/mol. The van der Waals surface area contributed by atoms with Gasteiger partial charge in [-0.3, -0.25) is 10.1 Å². The van der Waals surface area contributed by atoms with E-state index in [-0.39, 0.29) is 5.91 Å². The molecule has 0 aliphatic rings. The van der Waals surface area contributed by atoms with Crippen molar-refractivity contribution < 1.29 is 14.3 Å². The maximum absolute atomic E-state index is 12.3. The number of nitrogens with zero attached hydrogens (tertiary/aromatic N) is 3. The lowest BCUT2D eigenvalue weighted by molar-refractivity contribution is 0.0606. The van der Waals surface area contributed by atoms with Gasteiger partial charge in [-0.1, -0.05) is 11.3 Å². The van der Waals surface area contributed by atoms with E-state index >= 15 is 0 Å². The molecule has 0 saturated heterocycles. The first-order valence-electron chi connectivity index (χ1n) is 6.00. The average Bonchev–Trinajstić information content (AvgIpc) is 2.94. The van der Waals surface area contributed by atoms with Crippen molar-refractivity contribution in [2.45, 2.75) is 0 Å². The van der Waals surface area contributed by atoms with E-state index in [9.17, 15) is 9.59 Å². The number of hydrogen-bond donors (Lipinski definition) is 1. The Kier molecular flexibility index (Phi) is 4.49. The first-order valence-corrected chi connectivity index (χ1v) is 6.82. The predicted molar refractivity (Wildman–Crippen MR) is 80.0 cm³/mol. The second kappa shape index (κ2) is 6.31. The number of anilines is 2. The van der Waals surface area contributed by atoms with Gasteiger partial charge in [0.15, 0.2) is 5.13 Å². The molecule has 8 heteroatoms. The van der Waals surface area contributed by atoms with E-state index in [4.69, 9.17) is 0 Å². The minimum Gasteiger partial charge on any atom is -0.465 e. The van der Waals surface area contributed by atoms with Crippen LogP contribution in [-0.2, 0) is 4.74 Å². The molecule has 0 saturated carbocycles. The molecule has 0 spiro atoms. The number of rotatable bonds is 4. The summed E-state index contributed by atoms with van der Waals surface area (Å²) in [5.74, 6) is -0.263. The molecule has 7 nitrogen and oxygen atoms in total. The number of esters is 1. The van der Waals surface area contributed by atoms with Gasteiger partial charge in [-0.05, 0) is 12.1 Å². The Bertz CT molecular complexity index is 669. The van der Waals surface area contributed by atoms with Gasteiger partial charge in [0.1, 0.15) is 10.7 Å². The zero-order valence-electron chi connectivity index (χ0n) is 11.8. The summed E-state index contributed by atoms with van der Waals surface area (Å²) < 4.78 is 4.59. The van der Waals surface area contributed by atoms with Crippen LogP contribution < -0.4 is 10.2 Å². The largest absolute Gasteiger partial charge is 0.465 e. The van der Waals surface area contributed by atoms with Crippen molar-refractivity contribution in [3.05, 3.63) is 35.0 Å². The van der Waals surface area contributed by atoms with Crippen molar-refractivity contribution in [1.29, 1.82) is 0 Å². The number of carbonyl (C=O) groups is 2. The van der Waals surface area contributed by atoms with Crippen LogP contribution in [-0.4, -0.2) is 43.0 Å². The van der Waals surface area contributed by atoms with E-state index in [0.717, 1.165) is 11.3 Å². The lowest BCUT2D eigenvalue weighted by atomic mass is 10.2. The Morgan fingerprint density at radius 2 is 2.10 bits per heavy atom. The second-order valence-corrected chi connectivity index (χ2v) is 5.28. The van der Waals surface area contributed by atoms with Crippen LogP contribution in [0.25, 0.3) is 0 Å². The third-order valence-electron chi connectivity index (χ3n) is 2.57. The summed E-state index contributed by atoms with van der Waals surface area (Å²) in [6, 6.07) is 3.36. The van der Waals surface area contributed by atoms with Crippen LogP contribution in [0.5, 0.6) is 0 Å². The van der Waals surface area contributed by atoms with Gasteiger partial charge in [0.25, 0.3) is 5.91 Å². The molecule has 2 rings (SSSR count). The smallest absolute Gasteiger partial charge is 0.349 e. The molecular formula is C13H14N4O3S. The quantitative estimate of drug-likeness (QED) is 0.865. The Labute approximate surface area is 125 Å². The molecule has 0 unspecified atom stereocenters. The van der Waals surface area contributed by atoms with E-state index in [2.05, 4.69) is 20.0 Å². The lowest BCUT2D eigenvalue weighted by Crippen LogP contribution is -2.19. The number of ether oxygens (including phenoxy) is 1. The second-order valence-electron chi connectivity index (χ2n) is 4.24. The number of methoxy groups -OCH3 is 1. The highest BCUT2D eigenvalue weighted by Gasteiger charge is 2.16. The van der Waals surface area contributed by atoms with Crippen LogP contribution in [0.15, 0.2) is 24.5 Å². The molecule has 0 fully saturated rings. The summed E-state index contributed by atoms with van der Waals surface area (Å²) in [5.41, 5.74) is 0.428. The van der Waals surface area contributed by atoms with Crippen molar-refractivity contribution in [2.75, 3.05) is 31.4 Å². The van der Waals surface area contributed by atoms with Gasteiger partial charge in [0, 0.05) is 20.3 Å². The third-order valence-corrected chi connectivity index (χ3v) is 3.46. The highest BCUT2D eigenvalue weighted by Crippen LogP contribution is 2.21. The van der Waals surface area contributed by atoms with Crippen LogP contribution >= 0.6 is 11.3 Å².